The lowest BCUT2D eigenvalue weighted by Gasteiger charge is -2.27. The van der Waals surface area contributed by atoms with Gasteiger partial charge in [0.1, 0.15) is 11.6 Å². The molecule has 7 heteroatoms. The lowest BCUT2D eigenvalue weighted by atomic mass is 9.80. The third-order valence-electron chi connectivity index (χ3n) is 5.58. The maximum atomic E-state index is 14.5. The van der Waals surface area contributed by atoms with Gasteiger partial charge in [-0.1, -0.05) is 25.0 Å². The molecule has 0 radical (unpaired) electrons. The van der Waals surface area contributed by atoms with Gasteiger partial charge in [0.2, 0.25) is 0 Å². The van der Waals surface area contributed by atoms with Crippen LogP contribution in [0.3, 0.4) is 0 Å². The Kier molecular flexibility index (Phi) is 6.21. The number of aryl methyl sites for hydroxylation is 1. The molecule has 6 nitrogen and oxygen atoms in total. The van der Waals surface area contributed by atoms with Gasteiger partial charge in [-0.25, -0.2) is 14.4 Å². The Bertz CT molecular complexity index is 1100. The van der Waals surface area contributed by atoms with Gasteiger partial charge in [0.15, 0.2) is 5.82 Å². The second kappa shape index (κ2) is 9.20. The first kappa shape index (κ1) is 20.9. The van der Waals surface area contributed by atoms with Crippen molar-refractivity contribution in [2.45, 2.75) is 45.4 Å². The van der Waals surface area contributed by atoms with Crippen LogP contribution >= 0.6 is 0 Å². The number of rotatable bonds is 7. The number of halogens is 1. The largest absolute Gasteiger partial charge is 0.352 e. The van der Waals surface area contributed by atoms with Crippen LogP contribution in [-0.2, 0) is 0 Å². The van der Waals surface area contributed by atoms with Gasteiger partial charge < -0.3 is 10.6 Å². The molecule has 0 aliphatic heterocycles. The summed E-state index contributed by atoms with van der Waals surface area (Å²) in [6.45, 7) is 4.49. The van der Waals surface area contributed by atoms with E-state index in [4.69, 9.17) is 4.98 Å². The van der Waals surface area contributed by atoms with Crippen molar-refractivity contribution in [3.63, 3.8) is 0 Å². The van der Waals surface area contributed by atoms with Crippen molar-refractivity contribution in [3.05, 3.63) is 65.4 Å². The van der Waals surface area contributed by atoms with Crippen LogP contribution in [0, 0.1) is 12.7 Å². The van der Waals surface area contributed by atoms with Crippen molar-refractivity contribution in [2.24, 2.45) is 0 Å². The Balaban J connectivity index is 1.73. The van der Waals surface area contributed by atoms with Crippen LogP contribution < -0.4 is 10.6 Å². The second-order valence-corrected chi connectivity index (χ2v) is 7.91. The van der Waals surface area contributed by atoms with E-state index in [9.17, 15) is 9.18 Å². The van der Waals surface area contributed by atoms with Crippen molar-refractivity contribution in [1.82, 2.24) is 20.3 Å². The van der Waals surface area contributed by atoms with Gasteiger partial charge in [-0.05, 0) is 50.3 Å². The fourth-order valence-electron chi connectivity index (χ4n) is 3.60. The SMILES string of the molecule is CCCNC(=O)c1cnccc1Nc1nc(-c2cc(C)ccc2F)ncc1C1CCC1. The molecule has 1 aliphatic rings. The molecule has 1 aromatic carbocycles. The Morgan fingerprint density at radius 2 is 2.06 bits per heavy atom. The summed E-state index contributed by atoms with van der Waals surface area (Å²) in [5.74, 6) is 0.723. The number of hydrogen-bond donors (Lipinski definition) is 2. The molecule has 2 aromatic heterocycles. The highest BCUT2D eigenvalue weighted by Gasteiger charge is 2.25. The summed E-state index contributed by atoms with van der Waals surface area (Å²) in [5.41, 5.74) is 3.33. The monoisotopic (exact) mass is 419 g/mol. The van der Waals surface area contributed by atoms with Crippen LogP contribution in [0.5, 0.6) is 0 Å². The lowest BCUT2D eigenvalue weighted by Crippen LogP contribution is -2.25. The highest BCUT2D eigenvalue weighted by molar-refractivity contribution is 5.99. The third kappa shape index (κ3) is 4.55. The maximum Gasteiger partial charge on any atom is 0.254 e. The Morgan fingerprint density at radius 3 is 2.81 bits per heavy atom. The normalized spacial score (nSPS) is 13.5. The molecule has 2 heterocycles. The number of carbonyl (C=O) groups is 1. The number of nitrogens with zero attached hydrogens (tertiary/aromatic N) is 3. The molecule has 3 aromatic rings. The number of pyridine rings is 1. The molecule has 1 amide bonds. The average Bonchev–Trinajstić information content (AvgIpc) is 2.74. The van der Waals surface area contributed by atoms with E-state index in [1.807, 2.05) is 13.8 Å². The van der Waals surface area contributed by atoms with E-state index in [-0.39, 0.29) is 11.7 Å². The minimum absolute atomic E-state index is 0.193. The molecule has 1 saturated carbocycles. The number of nitrogens with one attached hydrogen (secondary N) is 2. The minimum Gasteiger partial charge on any atom is -0.352 e. The molecule has 31 heavy (non-hydrogen) atoms. The van der Waals surface area contributed by atoms with Gasteiger partial charge in [-0.15, -0.1) is 0 Å². The van der Waals surface area contributed by atoms with E-state index in [0.29, 0.717) is 40.9 Å². The van der Waals surface area contributed by atoms with E-state index in [1.54, 1.807) is 36.8 Å². The van der Waals surface area contributed by atoms with Gasteiger partial charge in [0, 0.05) is 30.7 Å². The molecule has 1 aliphatic carbocycles. The Hall–Kier alpha value is -3.35. The topological polar surface area (TPSA) is 79.8 Å². The summed E-state index contributed by atoms with van der Waals surface area (Å²) in [5, 5.41) is 6.20. The standard InChI is InChI=1S/C24H26FN5O/c1-3-10-27-24(31)19-13-26-11-9-21(19)29-23-18(16-5-4-6-16)14-28-22(30-23)17-12-15(2)7-8-20(17)25/h7-9,11-14,16H,3-6,10H2,1-2H3,(H,27,31)(H,26,28,29,30). The summed E-state index contributed by atoms with van der Waals surface area (Å²) in [7, 11) is 0. The quantitative estimate of drug-likeness (QED) is 0.554. The zero-order valence-corrected chi connectivity index (χ0v) is 17.8. The molecular formula is C24H26FN5O. The highest BCUT2D eigenvalue weighted by atomic mass is 19.1. The smallest absolute Gasteiger partial charge is 0.254 e. The van der Waals surface area contributed by atoms with Crippen molar-refractivity contribution < 1.29 is 9.18 Å². The van der Waals surface area contributed by atoms with E-state index in [1.165, 1.54) is 6.07 Å². The summed E-state index contributed by atoms with van der Waals surface area (Å²) < 4.78 is 14.5. The van der Waals surface area contributed by atoms with Crippen LogP contribution in [0.15, 0.2) is 42.9 Å². The number of carbonyl (C=O) groups excluding carboxylic acids is 1. The number of aromatic nitrogens is 3. The van der Waals surface area contributed by atoms with Crippen molar-refractivity contribution in [1.29, 1.82) is 0 Å². The summed E-state index contributed by atoms with van der Waals surface area (Å²) >= 11 is 0. The zero-order chi connectivity index (χ0) is 21.8. The fourth-order valence-corrected chi connectivity index (χ4v) is 3.60. The molecule has 0 bridgehead atoms. The number of benzene rings is 1. The predicted molar refractivity (Wildman–Crippen MR) is 119 cm³/mol. The number of amides is 1. The molecular weight excluding hydrogens is 393 g/mol. The number of anilines is 2. The lowest BCUT2D eigenvalue weighted by molar-refractivity contribution is 0.0954. The van der Waals surface area contributed by atoms with Crippen molar-refractivity contribution >= 4 is 17.4 Å². The van der Waals surface area contributed by atoms with Crippen molar-refractivity contribution in [2.75, 3.05) is 11.9 Å². The number of hydrogen-bond acceptors (Lipinski definition) is 5. The van der Waals surface area contributed by atoms with Crippen LogP contribution in [0.25, 0.3) is 11.4 Å². The van der Waals surface area contributed by atoms with Crippen molar-refractivity contribution in [3.8, 4) is 11.4 Å². The third-order valence-corrected chi connectivity index (χ3v) is 5.58. The molecule has 0 atom stereocenters. The maximum absolute atomic E-state index is 14.5. The molecule has 0 unspecified atom stereocenters. The fraction of sp³-hybridized carbons (Fsp3) is 0.333. The van der Waals surface area contributed by atoms with E-state index in [0.717, 1.165) is 36.8 Å². The zero-order valence-electron chi connectivity index (χ0n) is 17.8. The molecule has 4 rings (SSSR count). The first-order valence-corrected chi connectivity index (χ1v) is 10.7. The van der Waals surface area contributed by atoms with Gasteiger partial charge in [0.05, 0.1) is 16.8 Å². The predicted octanol–water partition coefficient (Wildman–Crippen LogP) is 5.14. The summed E-state index contributed by atoms with van der Waals surface area (Å²) in [6, 6.07) is 6.65. The van der Waals surface area contributed by atoms with Crippen LogP contribution in [0.1, 0.15) is 60.0 Å². The van der Waals surface area contributed by atoms with E-state index in [2.05, 4.69) is 20.6 Å². The highest BCUT2D eigenvalue weighted by Crippen LogP contribution is 2.40. The van der Waals surface area contributed by atoms with E-state index >= 15 is 0 Å². The van der Waals surface area contributed by atoms with Crippen LogP contribution in [0.4, 0.5) is 15.9 Å². The van der Waals surface area contributed by atoms with E-state index < -0.39 is 0 Å². The summed E-state index contributed by atoms with van der Waals surface area (Å²) in [6.07, 6.45) is 9.10. The molecule has 0 spiro atoms. The first-order valence-electron chi connectivity index (χ1n) is 10.7. The minimum atomic E-state index is -0.364. The molecule has 1 fully saturated rings. The van der Waals surface area contributed by atoms with Gasteiger partial charge in [-0.3, -0.25) is 9.78 Å². The van der Waals surface area contributed by atoms with Gasteiger partial charge in [-0.2, -0.15) is 0 Å². The molecule has 2 N–H and O–H groups in total. The van der Waals surface area contributed by atoms with Crippen LogP contribution in [0.2, 0.25) is 0 Å². The summed E-state index contributed by atoms with van der Waals surface area (Å²) in [4.78, 5) is 25.9. The Morgan fingerprint density at radius 1 is 1.23 bits per heavy atom. The molecule has 160 valence electrons. The van der Waals surface area contributed by atoms with Gasteiger partial charge >= 0.3 is 0 Å². The van der Waals surface area contributed by atoms with Gasteiger partial charge in [0.25, 0.3) is 5.91 Å². The first-order chi connectivity index (χ1) is 15.1. The molecule has 0 saturated heterocycles. The second-order valence-electron chi connectivity index (χ2n) is 7.91. The average molecular weight is 420 g/mol. The Labute approximate surface area is 181 Å². The van der Waals surface area contributed by atoms with Crippen LogP contribution in [-0.4, -0.2) is 27.4 Å².